The van der Waals surface area contributed by atoms with Crippen LogP contribution in [0.3, 0.4) is 0 Å². The van der Waals surface area contributed by atoms with Gasteiger partial charge < -0.3 is 17.2 Å². The molecule has 0 saturated heterocycles. The van der Waals surface area contributed by atoms with Crippen LogP contribution in [-0.2, 0) is 12.0 Å². The first kappa shape index (κ1) is 23.6. The molecule has 0 bridgehead atoms. The quantitative estimate of drug-likeness (QED) is 0.464. The summed E-state index contributed by atoms with van der Waals surface area (Å²) < 4.78 is 13.3. The highest BCUT2D eigenvalue weighted by Crippen LogP contribution is 2.35. The number of benzene rings is 2. The second-order valence-corrected chi connectivity index (χ2v) is 9.25. The van der Waals surface area contributed by atoms with Crippen molar-refractivity contribution in [3.8, 4) is 11.3 Å². The number of nitrogens with two attached hydrogens (primary N) is 3. The molecule has 0 amide bonds. The van der Waals surface area contributed by atoms with Crippen LogP contribution in [0.2, 0.25) is 0 Å². The number of aryl methyl sites for hydroxylation is 1. The predicted octanol–water partition coefficient (Wildman–Crippen LogP) is 4.90. The number of unbranched alkanes of at least 4 members (excludes halogenated alkanes) is 1. The number of hydrogen-bond donors (Lipinski definition) is 3. The summed E-state index contributed by atoms with van der Waals surface area (Å²) in [5, 5.41) is 0. The molecule has 36 heavy (non-hydrogen) atoms. The summed E-state index contributed by atoms with van der Waals surface area (Å²) in [5.41, 5.74) is 24.7. The van der Waals surface area contributed by atoms with E-state index in [0.717, 1.165) is 41.7 Å². The minimum absolute atomic E-state index is 0.150. The molecular formula is C29H29FN6. The van der Waals surface area contributed by atoms with Gasteiger partial charge in [-0.15, -0.1) is 0 Å². The van der Waals surface area contributed by atoms with E-state index in [9.17, 15) is 4.39 Å². The van der Waals surface area contributed by atoms with Crippen molar-refractivity contribution in [3.05, 3.63) is 113 Å². The van der Waals surface area contributed by atoms with E-state index in [1.165, 1.54) is 17.7 Å². The minimum atomic E-state index is -1.04. The molecule has 6 N–H and O–H groups in total. The van der Waals surface area contributed by atoms with E-state index in [1.54, 1.807) is 12.1 Å². The van der Waals surface area contributed by atoms with Crippen LogP contribution in [0.5, 0.6) is 0 Å². The lowest BCUT2D eigenvalue weighted by Crippen LogP contribution is -2.38. The van der Waals surface area contributed by atoms with Gasteiger partial charge in [0.25, 0.3) is 0 Å². The van der Waals surface area contributed by atoms with Crippen LogP contribution in [0, 0.1) is 5.82 Å². The van der Waals surface area contributed by atoms with Gasteiger partial charge in [0, 0.05) is 16.8 Å². The Morgan fingerprint density at radius 2 is 1.75 bits per heavy atom. The zero-order valence-corrected chi connectivity index (χ0v) is 20.2. The molecule has 182 valence electrons. The average Bonchev–Trinajstić information content (AvgIpc) is 2.88. The molecule has 2 heterocycles. The molecule has 6 nitrogen and oxygen atoms in total. The summed E-state index contributed by atoms with van der Waals surface area (Å²) in [5.74, 6) is -0.140. The Kier molecular flexibility index (Phi) is 6.24. The van der Waals surface area contributed by atoms with Gasteiger partial charge in [-0.1, -0.05) is 55.8 Å². The van der Waals surface area contributed by atoms with Crippen molar-refractivity contribution >= 4 is 11.7 Å². The maximum atomic E-state index is 13.3. The Bertz CT molecular complexity index is 1400. The molecule has 2 unspecified atom stereocenters. The van der Waals surface area contributed by atoms with Crippen LogP contribution in [0.15, 0.2) is 95.2 Å². The van der Waals surface area contributed by atoms with Gasteiger partial charge in [-0.2, -0.15) is 0 Å². The van der Waals surface area contributed by atoms with Gasteiger partial charge in [0.2, 0.25) is 5.95 Å². The smallest absolute Gasteiger partial charge is 0.220 e. The Morgan fingerprint density at radius 3 is 2.47 bits per heavy atom. The Balaban J connectivity index is 1.45. The normalized spacial score (nSPS) is 20.9. The predicted molar refractivity (Wildman–Crippen MR) is 142 cm³/mol. The van der Waals surface area contributed by atoms with Crippen molar-refractivity contribution in [2.24, 2.45) is 16.5 Å². The third-order valence-corrected chi connectivity index (χ3v) is 6.57. The summed E-state index contributed by atoms with van der Waals surface area (Å²) >= 11 is 0. The summed E-state index contributed by atoms with van der Waals surface area (Å²) in [6.45, 7) is 2.19. The highest BCUT2D eigenvalue weighted by atomic mass is 19.1. The molecule has 0 fully saturated rings. The van der Waals surface area contributed by atoms with Crippen LogP contribution in [0.25, 0.3) is 11.3 Å². The van der Waals surface area contributed by atoms with Gasteiger partial charge in [0.15, 0.2) is 0 Å². The fourth-order valence-corrected chi connectivity index (χ4v) is 4.51. The van der Waals surface area contributed by atoms with Gasteiger partial charge in [-0.25, -0.2) is 14.4 Å². The fraction of sp³-hybridized carbons (Fsp3) is 0.207. The summed E-state index contributed by atoms with van der Waals surface area (Å²) in [4.78, 5) is 13.7. The van der Waals surface area contributed by atoms with Gasteiger partial charge >= 0.3 is 0 Å². The number of anilines is 1. The maximum absolute atomic E-state index is 13.3. The van der Waals surface area contributed by atoms with E-state index < -0.39 is 5.54 Å². The number of nitrogens with zero attached hydrogens (tertiary/aromatic N) is 3. The number of rotatable bonds is 6. The van der Waals surface area contributed by atoms with Crippen LogP contribution in [0.4, 0.5) is 10.3 Å². The first-order valence-corrected chi connectivity index (χ1v) is 12.1. The molecule has 2 aliphatic rings. The molecular weight excluding hydrogens is 451 g/mol. The lowest BCUT2D eigenvalue weighted by atomic mass is 9.83. The zero-order valence-electron chi connectivity index (χ0n) is 20.2. The number of dihydropyridines is 1. The largest absolute Gasteiger partial charge is 0.398 e. The Labute approximate surface area is 210 Å². The lowest BCUT2D eigenvalue weighted by molar-refractivity contribution is 0.626. The molecule has 2 aromatic carbocycles. The summed E-state index contributed by atoms with van der Waals surface area (Å²) in [6, 6.07) is 16.2. The van der Waals surface area contributed by atoms with Crippen LogP contribution >= 0.6 is 0 Å². The van der Waals surface area contributed by atoms with Crippen LogP contribution < -0.4 is 17.2 Å². The fourth-order valence-electron chi connectivity index (χ4n) is 4.51. The van der Waals surface area contributed by atoms with Gasteiger partial charge in [0.1, 0.15) is 5.82 Å². The summed E-state index contributed by atoms with van der Waals surface area (Å²) in [6.07, 6.45) is 10.8. The number of allylic oxidation sites excluding steroid dienone is 2. The average molecular weight is 481 g/mol. The van der Waals surface area contributed by atoms with E-state index in [-0.39, 0.29) is 17.8 Å². The minimum Gasteiger partial charge on any atom is -0.398 e. The molecule has 0 saturated carbocycles. The van der Waals surface area contributed by atoms with E-state index in [2.05, 4.69) is 41.2 Å². The number of hydrogen-bond acceptors (Lipinski definition) is 6. The number of nitrogen functional groups attached to an aromatic ring is 1. The third-order valence-electron chi connectivity index (χ3n) is 6.57. The third kappa shape index (κ3) is 4.70. The standard InChI is InChI=1S/C29H29FN6/c1-2-3-4-18-5-7-19(8-6-18)26-16-27(36-28(32)35-26)29(33)14-13-24-22(17-29)23(31)15-25(34-24)20-9-11-21(30)12-10-20/h5-17,25H,2-4,31,33H2,1H3,(H2,32,35,36). The second kappa shape index (κ2) is 9.51. The first-order chi connectivity index (χ1) is 17.3. The van der Waals surface area contributed by atoms with Crippen LogP contribution in [-0.4, -0.2) is 15.7 Å². The highest BCUT2D eigenvalue weighted by molar-refractivity contribution is 6.13. The monoisotopic (exact) mass is 480 g/mol. The van der Waals surface area contributed by atoms with E-state index in [1.807, 2.05) is 30.4 Å². The molecule has 1 aliphatic heterocycles. The SMILES string of the molecule is CCCCc1ccc(-c2cc(C3(N)C=CC4=NC(c5ccc(F)cc5)C=C(N)C4=C3)nc(N)n2)cc1. The number of aromatic nitrogens is 2. The number of halogens is 1. The van der Waals surface area contributed by atoms with Gasteiger partial charge in [0.05, 0.1) is 28.7 Å². The van der Waals surface area contributed by atoms with E-state index >= 15 is 0 Å². The van der Waals surface area contributed by atoms with E-state index in [4.69, 9.17) is 22.2 Å². The molecule has 0 radical (unpaired) electrons. The van der Waals surface area contributed by atoms with Crippen molar-refractivity contribution in [1.29, 1.82) is 0 Å². The Morgan fingerprint density at radius 1 is 1.00 bits per heavy atom. The molecule has 7 heteroatoms. The molecule has 1 aromatic heterocycles. The van der Waals surface area contributed by atoms with Crippen molar-refractivity contribution in [1.82, 2.24) is 9.97 Å². The zero-order chi connectivity index (χ0) is 25.3. The van der Waals surface area contributed by atoms with Crippen molar-refractivity contribution < 1.29 is 4.39 Å². The van der Waals surface area contributed by atoms with Crippen LogP contribution in [0.1, 0.15) is 42.6 Å². The van der Waals surface area contributed by atoms with Gasteiger partial charge in [-0.05, 0) is 60.4 Å². The van der Waals surface area contributed by atoms with Crippen molar-refractivity contribution in [2.75, 3.05) is 5.73 Å². The number of aliphatic imine (C=N–C) groups is 1. The van der Waals surface area contributed by atoms with Crippen molar-refractivity contribution in [2.45, 2.75) is 37.8 Å². The molecule has 2 atom stereocenters. The molecule has 0 spiro atoms. The van der Waals surface area contributed by atoms with E-state index in [0.29, 0.717) is 17.1 Å². The molecule has 1 aliphatic carbocycles. The number of fused-ring (bicyclic) bond motifs is 1. The lowest BCUT2D eigenvalue weighted by Gasteiger charge is -2.30. The molecule has 3 aromatic rings. The highest BCUT2D eigenvalue weighted by Gasteiger charge is 2.32. The first-order valence-electron chi connectivity index (χ1n) is 12.1. The Hall–Kier alpha value is -4.10. The van der Waals surface area contributed by atoms with Gasteiger partial charge in [-0.3, -0.25) is 4.99 Å². The molecule has 5 rings (SSSR count). The maximum Gasteiger partial charge on any atom is 0.220 e. The summed E-state index contributed by atoms with van der Waals surface area (Å²) in [7, 11) is 0. The second-order valence-electron chi connectivity index (χ2n) is 9.25. The topological polar surface area (TPSA) is 116 Å². The van der Waals surface area contributed by atoms with Crippen molar-refractivity contribution in [3.63, 3.8) is 0 Å².